The monoisotopic (exact) mass is 445 g/mol. The number of nitrogens with zero attached hydrogens (tertiary/aromatic N) is 2. The van der Waals surface area contributed by atoms with Gasteiger partial charge in [0.1, 0.15) is 5.54 Å². The van der Waals surface area contributed by atoms with Crippen molar-refractivity contribution in [1.29, 1.82) is 0 Å². The summed E-state index contributed by atoms with van der Waals surface area (Å²) in [5.41, 5.74) is 2.03. The number of amides is 2. The number of rotatable bonds is 4. The van der Waals surface area contributed by atoms with Gasteiger partial charge in [-0.05, 0) is 54.8 Å². The number of nitrogens with one attached hydrogen (secondary N) is 1. The van der Waals surface area contributed by atoms with Gasteiger partial charge in [-0.3, -0.25) is 9.59 Å². The predicted octanol–water partition coefficient (Wildman–Crippen LogP) is 4.52. The first-order valence-corrected chi connectivity index (χ1v) is 11.6. The lowest BCUT2D eigenvalue weighted by molar-refractivity contribution is -0.166. The fourth-order valence-corrected chi connectivity index (χ4v) is 5.66. The van der Waals surface area contributed by atoms with E-state index >= 15 is 0 Å². The number of fused-ring (bicyclic) bond motifs is 2. The molecule has 1 aliphatic carbocycles. The third-order valence-electron chi connectivity index (χ3n) is 7.44. The third-order valence-corrected chi connectivity index (χ3v) is 7.44. The van der Waals surface area contributed by atoms with E-state index in [2.05, 4.69) is 9.88 Å². The van der Waals surface area contributed by atoms with E-state index < -0.39 is 5.54 Å². The Bertz CT molecular complexity index is 1260. The van der Waals surface area contributed by atoms with E-state index in [0.29, 0.717) is 25.0 Å². The summed E-state index contributed by atoms with van der Waals surface area (Å²) in [5.74, 6) is 1.37. The number of likely N-dealkylation sites (tertiary alicyclic amines) is 1. The maximum absolute atomic E-state index is 13.8. The summed E-state index contributed by atoms with van der Waals surface area (Å²) in [6.07, 6.45) is 6.73. The summed E-state index contributed by atoms with van der Waals surface area (Å²) in [6.45, 7) is 0.212. The van der Waals surface area contributed by atoms with Crippen molar-refractivity contribution in [1.82, 2.24) is 9.47 Å². The molecule has 0 bridgehead atoms. The molecule has 6 rings (SSSR count). The fraction of sp³-hybridized carbons (Fsp3) is 0.385. The zero-order chi connectivity index (χ0) is 22.6. The average molecular weight is 446 g/mol. The van der Waals surface area contributed by atoms with Gasteiger partial charge in [0.15, 0.2) is 11.5 Å². The van der Waals surface area contributed by atoms with Gasteiger partial charge in [-0.15, -0.1) is 0 Å². The number of benzene rings is 2. The molecule has 1 unspecified atom stereocenters. The van der Waals surface area contributed by atoms with E-state index in [-0.39, 0.29) is 24.6 Å². The van der Waals surface area contributed by atoms with Crippen molar-refractivity contribution in [3.8, 4) is 11.5 Å². The van der Waals surface area contributed by atoms with Crippen molar-refractivity contribution < 1.29 is 19.1 Å². The van der Waals surface area contributed by atoms with Crippen LogP contribution in [0.25, 0.3) is 10.9 Å². The summed E-state index contributed by atoms with van der Waals surface area (Å²) in [7, 11) is 2.00. The number of hydrogen-bond acceptors (Lipinski definition) is 4. The molecule has 2 aliphatic heterocycles. The molecule has 1 aromatic heterocycles. The van der Waals surface area contributed by atoms with Crippen LogP contribution in [-0.2, 0) is 16.6 Å². The minimum Gasteiger partial charge on any atom is -0.454 e. The number of β-lactam (4-membered cyclic amide) rings is 1. The Morgan fingerprint density at radius 2 is 1.85 bits per heavy atom. The molecule has 2 fully saturated rings. The van der Waals surface area contributed by atoms with Crippen LogP contribution in [0, 0.1) is 0 Å². The second-order valence-electron chi connectivity index (χ2n) is 9.34. The minimum absolute atomic E-state index is 0.0354. The van der Waals surface area contributed by atoms with E-state index in [9.17, 15) is 9.59 Å². The molecule has 7 nitrogen and oxygen atoms in total. The normalized spacial score (nSPS) is 21.2. The molecular formula is C26H27N3O4. The van der Waals surface area contributed by atoms with Gasteiger partial charge >= 0.3 is 0 Å². The van der Waals surface area contributed by atoms with Crippen LogP contribution in [0.4, 0.5) is 5.69 Å². The van der Waals surface area contributed by atoms with Crippen LogP contribution in [0.15, 0.2) is 48.7 Å². The quantitative estimate of drug-likeness (QED) is 0.599. The highest BCUT2D eigenvalue weighted by molar-refractivity contribution is 6.03. The van der Waals surface area contributed by atoms with E-state index in [1.807, 2.05) is 60.6 Å². The van der Waals surface area contributed by atoms with Gasteiger partial charge < -0.3 is 24.3 Å². The highest BCUT2D eigenvalue weighted by Crippen LogP contribution is 2.48. The molecule has 2 amide bonds. The van der Waals surface area contributed by atoms with Gasteiger partial charge in [0.05, 0.1) is 12.5 Å². The van der Waals surface area contributed by atoms with Crippen LogP contribution in [0.5, 0.6) is 11.5 Å². The van der Waals surface area contributed by atoms with Gasteiger partial charge in [0.2, 0.25) is 18.6 Å². The second kappa shape index (κ2) is 7.54. The summed E-state index contributed by atoms with van der Waals surface area (Å²) in [6, 6.07) is 13.7. The van der Waals surface area contributed by atoms with Crippen molar-refractivity contribution >= 4 is 28.4 Å². The molecule has 3 heterocycles. The summed E-state index contributed by atoms with van der Waals surface area (Å²) >= 11 is 0. The molecule has 3 aliphatic rings. The van der Waals surface area contributed by atoms with Crippen molar-refractivity contribution in [2.45, 2.75) is 50.1 Å². The van der Waals surface area contributed by atoms with Crippen LogP contribution >= 0.6 is 0 Å². The first kappa shape index (κ1) is 20.1. The predicted molar refractivity (Wildman–Crippen MR) is 124 cm³/mol. The SMILES string of the molecule is Cn1ccc2cc(NC(=O)C3(N4C(=O)CC4c4ccc5c(c4)OCO5)CCCCC3)ccc21. The molecular weight excluding hydrogens is 418 g/mol. The molecule has 170 valence electrons. The Hall–Kier alpha value is -3.48. The topological polar surface area (TPSA) is 72.8 Å². The van der Waals surface area contributed by atoms with Crippen LogP contribution in [0.1, 0.15) is 50.1 Å². The standard InChI is InChI=1S/C26H27N3O4/c1-28-12-9-18-13-19(6-7-20(18)28)27-25(31)26(10-3-2-4-11-26)29-21(15-24(29)30)17-5-8-22-23(14-17)33-16-32-22/h5-9,12-14,21H,2-4,10-11,15-16H2,1H3,(H,27,31). The van der Waals surface area contributed by atoms with Crippen LogP contribution in [0.3, 0.4) is 0 Å². The van der Waals surface area contributed by atoms with Crippen LogP contribution < -0.4 is 14.8 Å². The van der Waals surface area contributed by atoms with E-state index in [0.717, 1.165) is 47.2 Å². The molecule has 0 radical (unpaired) electrons. The van der Waals surface area contributed by atoms with Crippen molar-refractivity contribution in [3.63, 3.8) is 0 Å². The van der Waals surface area contributed by atoms with Gasteiger partial charge in [-0.2, -0.15) is 0 Å². The molecule has 3 aromatic rings. The Morgan fingerprint density at radius 1 is 1.03 bits per heavy atom. The zero-order valence-corrected chi connectivity index (χ0v) is 18.7. The lowest BCUT2D eigenvalue weighted by Crippen LogP contribution is -2.65. The summed E-state index contributed by atoms with van der Waals surface area (Å²) < 4.78 is 13.0. The number of anilines is 1. The summed E-state index contributed by atoms with van der Waals surface area (Å²) in [4.78, 5) is 28.6. The molecule has 1 saturated heterocycles. The third kappa shape index (κ3) is 3.17. The maximum atomic E-state index is 13.8. The average Bonchev–Trinajstić information content (AvgIpc) is 3.43. The highest BCUT2D eigenvalue weighted by atomic mass is 16.7. The number of carbonyl (C=O) groups is 2. The number of aryl methyl sites for hydroxylation is 1. The Labute approximate surface area is 192 Å². The molecule has 7 heteroatoms. The molecule has 0 spiro atoms. The molecule has 1 atom stereocenters. The van der Waals surface area contributed by atoms with Crippen LogP contribution in [0.2, 0.25) is 0 Å². The van der Waals surface area contributed by atoms with Crippen molar-refractivity contribution in [2.75, 3.05) is 12.1 Å². The first-order chi connectivity index (χ1) is 16.0. The largest absolute Gasteiger partial charge is 0.454 e. The van der Waals surface area contributed by atoms with E-state index in [1.165, 1.54) is 0 Å². The highest BCUT2D eigenvalue weighted by Gasteiger charge is 2.55. The number of aromatic nitrogens is 1. The van der Waals surface area contributed by atoms with Gasteiger partial charge in [-0.1, -0.05) is 25.3 Å². The Morgan fingerprint density at radius 3 is 2.67 bits per heavy atom. The van der Waals surface area contributed by atoms with Crippen LogP contribution in [-0.4, -0.2) is 33.6 Å². The van der Waals surface area contributed by atoms with Crippen molar-refractivity contribution in [3.05, 3.63) is 54.2 Å². The van der Waals surface area contributed by atoms with Gasteiger partial charge in [-0.25, -0.2) is 0 Å². The lowest BCUT2D eigenvalue weighted by atomic mass is 9.74. The van der Waals surface area contributed by atoms with E-state index in [4.69, 9.17) is 9.47 Å². The van der Waals surface area contributed by atoms with Gasteiger partial charge in [0.25, 0.3) is 0 Å². The molecule has 1 N–H and O–H groups in total. The number of carbonyl (C=O) groups excluding carboxylic acids is 2. The number of hydrogen-bond donors (Lipinski definition) is 1. The summed E-state index contributed by atoms with van der Waals surface area (Å²) in [5, 5.41) is 4.23. The van der Waals surface area contributed by atoms with E-state index in [1.54, 1.807) is 0 Å². The molecule has 2 aromatic carbocycles. The maximum Gasteiger partial charge on any atom is 0.250 e. The van der Waals surface area contributed by atoms with Gasteiger partial charge in [0, 0.05) is 29.8 Å². The first-order valence-electron chi connectivity index (χ1n) is 11.6. The zero-order valence-electron chi connectivity index (χ0n) is 18.7. The molecule has 33 heavy (non-hydrogen) atoms. The molecule has 1 saturated carbocycles. The lowest BCUT2D eigenvalue weighted by Gasteiger charge is -2.54. The Kier molecular flexibility index (Phi) is 4.60. The minimum atomic E-state index is -0.833. The van der Waals surface area contributed by atoms with Crippen molar-refractivity contribution in [2.24, 2.45) is 7.05 Å². The Balaban J connectivity index is 1.32. The smallest absolute Gasteiger partial charge is 0.250 e. The number of ether oxygens (including phenoxy) is 2. The second-order valence-corrected chi connectivity index (χ2v) is 9.34. The fourth-order valence-electron chi connectivity index (χ4n) is 5.66.